The van der Waals surface area contributed by atoms with Crippen LogP contribution in [0.5, 0.6) is 0 Å². The second kappa shape index (κ2) is 7.27. The van der Waals surface area contributed by atoms with E-state index in [4.69, 9.17) is 17.0 Å². The molecule has 0 unspecified atom stereocenters. The van der Waals surface area contributed by atoms with Crippen molar-refractivity contribution in [3.05, 3.63) is 34.6 Å². The minimum Gasteiger partial charge on any atom is -0.376 e. The van der Waals surface area contributed by atoms with Crippen LogP contribution in [-0.4, -0.2) is 39.4 Å². The molecule has 24 heavy (non-hydrogen) atoms. The van der Waals surface area contributed by atoms with Crippen molar-refractivity contribution in [3.63, 3.8) is 0 Å². The molecule has 3 rings (SSSR count). The fourth-order valence-electron chi connectivity index (χ4n) is 2.92. The summed E-state index contributed by atoms with van der Waals surface area (Å²) in [6.45, 7) is 4.91. The van der Waals surface area contributed by atoms with Gasteiger partial charge in [-0.2, -0.15) is 5.10 Å². The number of nitrogens with one attached hydrogen (secondary N) is 2. The third-order valence-electron chi connectivity index (χ3n) is 4.28. The molecule has 0 bridgehead atoms. The van der Waals surface area contributed by atoms with E-state index in [1.807, 2.05) is 38.1 Å². The predicted octanol–water partition coefficient (Wildman–Crippen LogP) is 2.60. The van der Waals surface area contributed by atoms with E-state index in [0.717, 1.165) is 25.0 Å². The first-order valence-electron chi connectivity index (χ1n) is 8.18. The zero-order valence-corrected chi connectivity index (χ0v) is 14.7. The number of carbonyl (C=O) groups is 1. The maximum atomic E-state index is 12.4. The number of hydrogen-bond donors (Lipinski definition) is 2. The molecule has 1 aromatic heterocycles. The largest absolute Gasteiger partial charge is 0.376 e. The van der Waals surface area contributed by atoms with Crippen LogP contribution in [-0.2, 0) is 16.1 Å². The second-order valence-electron chi connectivity index (χ2n) is 6.21. The van der Waals surface area contributed by atoms with Gasteiger partial charge in [-0.3, -0.25) is 14.5 Å². The molecule has 6 nitrogen and oxygen atoms in total. The van der Waals surface area contributed by atoms with Gasteiger partial charge in [-0.15, -0.1) is 0 Å². The second-order valence-corrected chi connectivity index (χ2v) is 6.60. The number of aryl methyl sites for hydroxylation is 1. The van der Waals surface area contributed by atoms with Crippen LogP contribution in [0.4, 0.5) is 0 Å². The molecule has 128 valence electrons. The van der Waals surface area contributed by atoms with Crippen LogP contribution in [0.25, 0.3) is 11.4 Å². The van der Waals surface area contributed by atoms with Crippen LogP contribution in [0, 0.1) is 11.7 Å². The lowest BCUT2D eigenvalue weighted by Gasteiger charge is -2.20. The first kappa shape index (κ1) is 16.9. The van der Waals surface area contributed by atoms with Crippen molar-refractivity contribution < 1.29 is 9.53 Å². The molecule has 1 aromatic carbocycles. The highest BCUT2D eigenvalue weighted by atomic mass is 32.1. The number of rotatable bonds is 5. The lowest BCUT2D eigenvalue weighted by molar-refractivity contribution is -0.123. The number of carbonyl (C=O) groups excluding carboxylic acids is 1. The molecule has 0 aliphatic carbocycles. The highest BCUT2D eigenvalue weighted by Crippen LogP contribution is 2.18. The Morgan fingerprint density at radius 3 is 2.92 bits per heavy atom. The third kappa shape index (κ3) is 3.73. The number of aromatic amines is 1. The van der Waals surface area contributed by atoms with Gasteiger partial charge in [0.25, 0.3) is 0 Å². The Morgan fingerprint density at radius 2 is 2.25 bits per heavy atom. The summed E-state index contributed by atoms with van der Waals surface area (Å²) in [7, 11) is 0. The van der Waals surface area contributed by atoms with E-state index in [1.54, 1.807) is 4.57 Å². The zero-order chi connectivity index (χ0) is 17.1. The van der Waals surface area contributed by atoms with Crippen LogP contribution in [0.15, 0.2) is 24.3 Å². The number of amides is 1. The third-order valence-corrected chi connectivity index (χ3v) is 4.59. The molecule has 1 aliphatic heterocycles. The standard InChI is InChI=1S/C17H22N4O2S/c1-11-5-7-13(8-6-11)16-19-20-17(24)21(16)10-15(22)18-12(2)14-4-3-9-23-14/h5-8,12,14H,3-4,9-10H2,1-2H3,(H,18,22)(H,20,24)/t12-,14-/m0/s1. The van der Waals surface area contributed by atoms with Gasteiger partial charge in [-0.25, -0.2) is 0 Å². The number of benzene rings is 1. The maximum absolute atomic E-state index is 12.4. The summed E-state index contributed by atoms with van der Waals surface area (Å²) < 4.78 is 7.77. The van der Waals surface area contributed by atoms with Crippen molar-refractivity contribution in [3.8, 4) is 11.4 Å². The highest BCUT2D eigenvalue weighted by molar-refractivity contribution is 7.71. The van der Waals surface area contributed by atoms with Gasteiger partial charge >= 0.3 is 0 Å². The quantitative estimate of drug-likeness (QED) is 0.817. The van der Waals surface area contributed by atoms with Crippen molar-refractivity contribution in [2.24, 2.45) is 0 Å². The Labute approximate surface area is 146 Å². The van der Waals surface area contributed by atoms with Crippen LogP contribution in [0.3, 0.4) is 0 Å². The molecular weight excluding hydrogens is 324 g/mol. The van der Waals surface area contributed by atoms with Gasteiger partial charge in [-0.1, -0.05) is 29.8 Å². The van der Waals surface area contributed by atoms with Gasteiger partial charge in [-0.05, 0) is 38.9 Å². The van der Waals surface area contributed by atoms with Crippen molar-refractivity contribution >= 4 is 18.1 Å². The van der Waals surface area contributed by atoms with Crippen LogP contribution < -0.4 is 5.32 Å². The Bertz CT molecular complexity index is 760. The van der Waals surface area contributed by atoms with Crippen molar-refractivity contribution in [1.82, 2.24) is 20.1 Å². The van der Waals surface area contributed by atoms with E-state index >= 15 is 0 Å². The van der Waals surface area contributed by atoms with Crippen LogP contribution >= 0.6 is 12.2 Å². The van der Waals surface area contributed by atoms with Crippen molar-refractivity contribution in [1.29, 1.82) is 0 Å². The summed E-state index contributed by atoms with van der Waals surface area (Å²) in [6.07, 6.45) is 2.14. The lowest BCUT2D eigenvalue weighted by atomic mass is 10.1. The molecule has 2 atom stereocenters. The molecule has 1 saturated heterocycles. The topological polar surface area (TPSA) is 71.9 Å². The molecule has 2 heterocycles. The molecular formula is C17H22N4O2S. The number of aromatic nitrogens is 3. The van der Waals surface area contributed by atoms with Gasteiger partial charge < -0.3 is 10.1 Å². The highest BCUT2D eigenvalue weighted by Gasteiger charge is 2.24. The monoisotopic (exact) mass is 346 g/mol. The molecule has 2 aromatic rings. The van der Waals surface area contributed by atoms with E-state index in [-0.39, 0.29) is 24.6 Å². The summed E-state index contributed by atoms with van der Waals surface area (Å²) in [5, 5.41) is 10.0. The number of ether oxygens (including phenoxy) is 1. The molecule has 0 saturated carbocycles. The number of nitrogens with zero attached hydrogens (tertiary/aromatic N) is 2. The van der Waals surface area contributed by atoms with E-state index in [1.165, 1.54) is 5.56 Å². The summed E-state index contributed by atoms with van der Waals surface area (Å²) in [4.78, 5) is 12.4. The molecule has 1 amide bonds. The van der Waals surface area contributed by atoms with Gasteiger partial charge in [0.2, 0.25) is 5.91 Å². The van der Waals surface area contributed by atoms with Crippen LogP contribution in [0.2, 0.25) is 0 Å². The Hall–Kier alpha value is -1.99. The van der Waals surface area contributed by atoms with Gasteiger partial charge in [0.1, 0.15) is 6.54 Å². The summed E-state index contributed by atoms with van der Waals surface area (Å²) >= 11 is 5.28. The summed E-state index contributed by atoms with van der Waals surface area (Å²) in [6, 6.07) is 7.96. The molecule has 0 spiro atoms. The van der Waals surface area contributed by atoms with Crippen molar-refractivity contribution in [2.45, 2.75) is 45.4 Å². The molecule has 7 heteroatoms. The molecule has 1 aliphatic rings. The average Bonchev–Trinajstić information content (AvgIpc) is 3.20. The first-order valence-corrected chi connectivity index (χ1v) is 8.58. The fraction of sp³-hybridized carbons (Fsp3) is 0.471. The van der Waals surface area contributed by atoms with E-state index in [0.29, 0.717) is 10.6 Å². The van der Waals surface area contributed by atoms with Gasteiger partial charge in [0.15, 0.2) is 10.6 Å². The smallest absolute Gasteiger partial charge is 0.240 e. The maximum Gasteiger partial charge on any atom is 0.240 e. The van der Waals surface area contributed by atoms with Crippen LogP contribution in [0.1, 0.15) is 25.3 Å². The SMILES string of the molecule is Cc1ccc(-c2n[nH]c(=S)n2CC(=O)N[C@@H](C)[C@@H]2CCCO2)cc1. The first-order chi connectivity index (χ1) is 11.5. The summed E-state index contributed by atoms with van der Waals surface area (Å²) in [5.74, 6) is 0.573. The predicted molar refractivity (Wildman–Crippen MR) is 94.2 cm³/mol. The molecule has 2 N–H and O–H groups in total. The summed E-state index contributed by atoms with van der Waals surface area (Å²) in [5.41, 5.74) is 2.09. The van der Waals surface area contributed by atoms with E-state index in [2.05, 4.69) is 15.5 Å². The fourth-order valence-corrected chi connectivity index (χ4v) is 3.12. The Kier molecular flexibility index (Phi) is 5.11. The molecule has 1 fully saturated rings. The Balaban J connectivity index is 1.72. The Morgan fingerprint density at radius 1 is 1.50 bits per heavy atom. The van der Waals surface area contributed by atoms with Gasteiger partial charge in [0.05, 0.1) is 12.1 Å². The van der Waals surface area contributed by atoms with Crippen molar-refractivity contribution in [2.75, 3.05) is 6.61 Å². The number of hydrogen-bond acceptors (Lipinski definition) is 4. The lowest BCUT2D eigenvalue weighted by Crippen LogP contribution is -2.42. The van der Waals surface area contributed by atoms with E-state index < -0.39 is 0 Å². The van der Waals surface area contributed by atoms with Gasteiger partial charge in [0, 0.05) is 12.2 Å². The normalized spacial score (nSPS) is 18.5. The number of H-pyrrole nitrogens is 1. The molecule has 0 radical (unpaired) electrons. The minimum absolute atomic E-state index is 0.0103. The van der Waals surface area contributed by atoms with E-state index in [9.17, 15) is 4.79 Å². The zero-order valence-electron chi connectivity index (χ0n) is 13.9. The minimum atomic E-state index is -0.0936. The average molecular weight is 346 g/mol.